The Hall–Kier alpha value is -3.96. The lowest BCUT2D eigenvalue weighted by molar-refractivity contribution is 0.174. The molecular weight excluding hydrogens is 516 g/mol. The van der Waals surface area contributed by atoms with Gasteiger partial charge in [0.05, 0.1) is 24.4 Å². The average Bonchev–Trinajstić information content (AvgIpc) is 3.77. The van der Waals surface area contributed by atoms with Crippen LogP contribution in [0.25, 0.3) is 10.9 Å². The Morgan fingerprint density at radius 1 is 1.08 bits per heavy atom. The topological polar surface area (TPSA) is 111 Å². The number of tetrazole rings is 1. The van der Waals surface area contributed by atoms with E-state index in [4.69, 9.17) is 13.9 Å². The molecule has 0 bridgehead atoms. The molecule has 1 saturated carbocycles. The summed E-state index contributed by atoms with van der Waals surface area (Å²) in [6, 6.07) is 13.3. The molecule has 200 valence electrons. The van der Waals surface area contributed by atoms with Crippen LogP contribution in [0.15, 0.2) is 63.3 Å². The number of fused-ring (bicyclic) bond motifs is 2. The molecule has 10 nitrogen and oxygen atoms in total. The van der Waals surface area contributed by atoms with Crippen LogP contribution in [0.3, 0.4) is 0 Å². The van der Waals surface area contributed by atoms with Crippen LogP contribution in [0.4, 0.5) is 0 Å². The summed E-state index contributed by atoms with van der Waals surface area (Å²) < 4.78 is 18.9. The van der Waals surface area contributed by atoms with E-state index in [1.165, 1.54) is 11.3 Å². The van der Waals surface area contributed by atoms with Crippen LogP contribution in [-0.4, -0.2) is 36.9 Å². The fraction of sp³-hybridized carbons (Fsp3) is 0.357. The number of hydrogen-bond acceptors (Lipinski definition) is 9. The third-order valence-corrected chi connectivity index (χ3v) is 8.45. The van der Waals surface area contributed by atoms with Crippen molar-refractivity contribution in [3.63, 3.8) is 0 Å². The van der Waals surface area contributed by atoms with E-state index in [9.17, 15) is 4.79 Å². The zero-order chi connectivity index (χ0) is 26.2. The third-order valence-electron chi connectivity index (χ3n) is 7.59. The highest BCUT2D eigenvalue weighted by molar-refractivity contribution is 7.09. The Balaban J connectivity index is 1.40. The molecule has 1 aliphatic carbocycles. The third kappa shape index (κ3) is 4.72. The molecule has 0 saturated heterocycles. The summed E-state index contributed by atoms with van der Waals surface area (Å²) in [4.78, 5) is 20.3. The van der Waals surface area contributed by atoms with Gasteiger partial charge in [0.2, 0.25) is 6.79 Å². The first-order chi connectivity index (χ1) is 19.2. The summed E-state index contributed by atoms with van der Waals surface area (Å²) >= 11 is 1.68. The van der Waals surface area contributed by atoms with Crippen molar-refractivity contribution in [1.29, 1.82) is 0 Å². The lowest BCUT2D eigenvalue weighted by Gasteiger charge is -2.31. The van der Waals surface area contributed by atoms with Gasteiger partial charge in [0.1, 0.15) is 11.8 Å². The Morgan fingerprint density at radius 2 is 1.95 bits per heavy atom. The quantitative estimate of drug-likeness (QED) is 0.284. The second kappa shape index (κ2) is 10.3. The Labute approximate surface area is 228 Å². The first-order valence-electron chi connectivity index (χ1n) is 13.3. The van der Waals surface area contributed by atoms with Gasteiger partial charge in [-0.3, -0.25) is 9.69 Å². The first kappa shape index (κ1) is 24.1. The Kier molecular flexibility index (Phi) is 6.37. The van der Waals surface area contributed by atoms with Gasteiger partial charge in [-0.2, -0.15) is 0 Å². The molecule has 5 heterocycles. The minimum Gasteiger partial charge on any atom is -0.468 e. The van der Waals surface area contributed by atoms with Crippen LogP contribution in [-0.2, 0) is 13.1 Å². The van der Waals surface area contributed by atoms with Gasteiger partial charge in [0.25, 0.3) is 5.56 Å². The van der Waals surface area contributed by atoms with Crippen molar-refractivity contribution in [2.45, 2.75) is 57.3 Å². The Morgan fingerprint density at radius 3 is 2.74 bits per heavy atom. The number of H-pyrrole nitrogens is 1. The predicted molar refractivity (Wildman–Crippen MR) is 145 cm³/mol. The molecule has 1 N–H and O–H groups in total. The van der Waals surface area contributed by atoms with Gasteiger partial charge in [-0.15, -0.1) is 16.4 Å². The molecule has 1 atom stereocenters. The van der Waals surface area contributed by atoms with Crippen LogP contribution in [0.1, 0.15) is 66.2 Å². The van der Waals surface area contributed by atoms with E-state index in [0.717, 1.165) is 36.8 Å². The van der Waals surface area contributed by atoms with Gasteiger partial charge in [-0.1, -0.05) is 25.3 Å². The van der Waals surface area contributed by atoms with Crippen molar-refractivity contribution in [3.8, 4) is 11.5 Å². The van der Waals surface area contributed by atoms with Crippen molar-refractivity contribution in [3.05, 3.63) is 86.5 Å². The fourth-order valence-electron chi connectivity index (χ4n) is 5.73. The van der Waals surface area contributed by atoms with Crippen LogP contribution >= 0.6 is 11.3 Å². The smallest absolute Gasteiger partial charge is 0.253 e. The monoisotopic (exact) mass is 544 g/mol. The van der Waals surface area contributed by atoms with Crippen molar-refractivity contribution in [2.24, 2.45) is 0 Å². The molecule has 1 aliphatic heterocycles. The number of thiophene rings is 1. The maximum absolute atomic E-state index is 13.8. The number of nitrogens with one attached hydrogen (secondary N) is 1. The summed E-state index contributed by atoms with van der Waals surface area (Å²) in [7, 11) is 0. The van der Waals surface area contributed by atoms with Crippen LogP contribution in [0.2, 0.25) is 0 Å². The summed E-state index contributed by atoms with van der Waals surface area (Å²) in [5, 5.41) is 16.1. The lowest BCUT2D eigenvalue weighted by Crippen LogP contribution is -2.35. The maximum Gasteiger partial charge on any atom is 0.253 e. The van der Waals surface area contributed by atoms with Crippen LogP contribution in [0, 0.1) is 0 Å². The molecule has 0 radical (unpaired) electrons. The lowest BCUT2D eigenvalue weighted by atomic mass is 9.95. The highest BCUT2D eigenvalue weighted by Crippen LogP contribution is 2.38. The number of furan rings is 1. The summed E-state index contributed by atoms with van der Waals surface area (Å²) in [6.07, 6.45) is 7.22. The van der Waals surface area contributed by atoms with Crippen LogP contribution in [0.5, 0.6) is 11.5 Å². The molecule has 1 aromatic carbocycles. The molecule has 4 aromatic heterocycles. The fourth-order valence-corrected chi connectivity index (χ4v) is 6.45. The summed E-state index contributed by atoms with van der Waals surface area (Å²) in [5.74, 6) is 2.75. The van der Waals surface area contributed by atoms with Crippen LogP contribution < -0.4 is 15.0 Å². The number of nitrogens with zero attached hydrogens (tertiary/aromatic N) is 5. The second-order valence-corrected chi connectivity index (χ2v) is 11.1. The molecular formula is C28H28N6O4S. The number of ether oxygens (including phenoxy) is 2. The SMILES string of the molecule is O=c1[nH]c2cc3c(cc2cc1[C@@H](c1nnnn1C1CCCCC1)N(Cc1ccco1)Cc1cccs1)OCO3. The maximum atomic E-state index is 13.8. The van der Waals surface area contributed by atoms with E-state index >= 15 is 0 Å². The zero-order valence-electron chi connectivity index (χ0n) is 21.3. The zero-order valence-corrected chi connectivity index (χ0v) is 22.1. The highest BCUT2D eigenvalue weighted by Gasteiger charge is 2.34. The molecule has 1 fully saturated rings. The largest absolute Gasteiger partial charge is 0.468 e. The van der Waals surface area contributed by atoms with Crippen molar-refractivity contribution in [2.75, 3.05) is 6.79 Å². The van der Waals surface area contributed by atoms with E-state index in [1.807, 2.05) is 41.1 Å². The van der Waals surface area contributed by atoms with Gasteiger partial charge in [-0.05, 0) is 59.0 Å². The molecule has 0 amide bonds. The number of benzene rings is 1. The molecule has 0 unspecified atom stereocenters. The van der Waals surface area contributed by atoms with E-state index in [2.05, 4.69) is 36.9 Å². The number of hydrogen-bond donors (Lipinski definition) is 1. The summed E-state index contributed by atoms with van der Waals surface area (Å²) in [6.45, 7) is 1.24. The molecule has 5 aromatic rings. The number of rotatable bonds is 8. The Bertz CT molecular complexity index is 1590. The van der Waals surface area contributed by atoms with Gasteiger partial charge in [-0.25, -0.2) is 4.68 Å². The van der Waals surface area contributed by atoms with E-state index in [-0.39, 0.29) is 18.4 Å². The van der Waals surface area contributed by atoms with E-state index < -0.39 is 6.04 Å². The van der Waals surface area contributed by atoms with Gasteiger partial charge >= 0.3 is 0 Å². The molecule has 7 rings (SSSR count). The molecule has 11 heteroatoms. The van der Waals surface area contributed by atoms with Crippen molar-refractivity contribution < 1.29 is 13.9 Å². The van der Waals surface area contributed by atoms with Gasteiger partial charge < -0.3 is 18.9 Å². The van der Waals surface area contributed by atoms with Gasteiger partial charge in [0, 0.05) is 28.4 Å². The highest BCUT2D eigenvalue weighted by atomic mass is 32.1. The minimum absolute atomic E-state index is 0.166. The van der Waals surface area contributed by atoms with Gasteiger partial charge in [0.15, 0.2) is 17.3 Å². The first-order valence-corrected chi connectivity index (χ1v) is 14.1. The van der Waals surface area contributed by atoms with Crippen molar-refractivity contribution >= 4 is 22.2 Å². The second-order valence-electron chi connectivity index (χ2n) is 10.1. The summed E-state index contributed by atoms with van der Waals surface area (Å²) in [5.41, 5.74) is 1.06. The van der Waals surface area contributed by atoms with E-state index in [1.54, 1.807) is 17.6 Å². The normalized spacial score (nSPS) is 16.3. The molecule has 2 aliphatic rings. The number of pyridine rings is 1. The van der Waals surface area contributed by atoms with E-state index in [0.29, 0.717) is 41.5 Å². The predicted octanol–water partition coefficient (Wildman–Crippen LogP) is 5.19. The minimum atomic E-state index is -0.521. The van der Waals surface area contributed by atoms with Crippen molar-refractivity contribution in [1.82, 2.24) is 30.1 Å². The standard InChI is InChI=1S/C28H28N6O4S/c35-28-22(12-18-13-24-25(38-17-37-24)14-23(18)29-28)26(27-30-31-32-34(27)19-6-2-1-3-7-19)33(15-20-8-4-10-36-20)16-21-9-5-11-39-21/h4-5,8-14,19,26H,1-3,6-7,15-17H2,(H,29,35)/t26-/m0/s1. The number of aromatic nitrogens is 5. The molecule has 0 spiro atoms. The average molecular weight is 545 g/mol. The molecule has 39 heavy (non-hydrogen) atoms. The number of aromatic amines is 1.